The van der Waals surface area contributed by atoms with E-state index in [1.165, 1.54) is 0 Å². The van der Waals surface area contributed by atoms with E-state index in [2.05, 4.69) is 20.9 Å². The van der Waals surface area contributed by atoms with E-state index in [9.17, 15) is 10.1 Å². The minimum Gasteiger partial charge on any atom is -0.497 e. The van der Waals surface area contributed by atoms with Gasteiger partial charge in [0, 0.05) is 11.6 Å². The van der Waals surface area contributed by atoms with Crippen molar-refractivity contribution in [1.29, 1.82) is 5.26 Å². The van der Waals surface area contributed by atoms with Gasteiger partial charge in [0.25, 0.3) is 5.91 Å². The van der Waals surface area contributed by atoms with Crippen molar-refractivity contribution in [3.05, 3.63) is 91.0 Å². The second-order valence-electron chi connectivity index (χ2n) is 6.89. The lowest BCUT2D eigenvalue weighted by Crippen LogP contribution is -2.24. The molecule has 0 saturated carbocycles. The van der Waals surface area contributed by atoms with E-state index >= 15 is 0 Å². The quantitative estimate of drug-likeness (QED) is 0.328. The molecule has 1 aromatic heterocycles. The third-order valence-electron chi connectivity index (χ3n) is 4.73. The number of anilines is 2. The fourth-order valence-electron chi connectivity index (χ4n) is 3.07. The average molecular weight is 436 g/mol. The van der Waals surface area contributed by atoms with E-state index in [0.717, 1.165) is 11.3 Å². The van der Waals surface area contributed by atoms with Crippen LogP contribution in [0.2, 0.25) is 0 Å². The lowest BCUT2D eigenvalue weighted by atomic mass is 10.1. The van der Waals surface area contributed by atoms with Gasteiger partial charge in [0.15, 0.2) is 0 Å². The van der Waals surface area contributed by atoms with Crippen molar-refractivity contribution in [1.82, 2.24) is 9.78 Å². The molecular formula is C25H20N6O2. The summed E-state index contributed by atoms with van der Waals surface area (Å²) in [6, 6.07) is 29.6. The van der Waals surface area contributed by atoms with Crippen LogP contribution < -0.4 is 15.5 Å². The first-order chi connectivity index (χ1) is 16.2. The fraction of sp³-hybridized carbons (Fsp3) is 0.0400. The number of para-hydroxylation sites is 1. The molecule has 1 amide bonds. The summed E-state index contributed by atoms with van der Waals surface area (Å²) >= 11 is 0. The van der Waals surface area contributed by atoms with Gasteiger partial charge >= 0.3 is 0 Å². The molecule has 0 radical (unpaired) electrons. The lowest BCUT2D eigenvalue weighted by Gasteiger charge is -2.08. The first-order valence-corrected chi connectivity index (χ1v) is 10.1. The summed E-state index contributed by atoms with van der Waals surface area (Å²) in [5.74, 6) is 0.443. The minimum absolute atomic E-state index is 0.326. The topological polar surface area (TPSA) is 104 Å². The van der Waals surface area contributed by atoms with E-state index in [1.54, 1.807) is 42.1 Å². The normalized spacial score (nSPS) is 10.8. The Morgan fingerprint density at radius 3 is 2.30 bits per heavy atom. The molecule has 8 heteroatoms. The van der Waals surface area contributed by atoms with E-state index in [1.807, 2.05) is 66.7 Å². The van der Waals surface area contributed by atoms with Crippen LogP contribution in [-0.4, -0.2) is 28.5 Å². The second kappa shape index (κ2) is 9.94. The highest BCUT2D eigenvalue weighted by Gasteiger charge is 2.17. The van der Waals surface area contributed by atoms with Gasteiger partial charge < -0.3 is 10.1 Å². The molecule has 0 aliphatic heterocycles. The van der Waals surface area contributed by atoms with Crippen molar-refractivity contribution in [3.63, 3.8) is 0 Å². The number of methoxy groups -OCH3 is 1. The third-order valence-corrected chi connectivity index (χ3v) is 4.73. The van der Waals surface area contributed by atoms with Crippen molar-refractivity contribution in [2.24, 2.45) is 5.10 Å². The number of amides is 1. The molecule has 0 atom stereocenters. The highest BCUT2D eigenvalue weighted by Crippen LogP contribution is 2.24. The third kappa shape index (κ3) is 5.06. The Bertz CT molecular complexity index is 1310. The van der Waals surface area contributed by atoms with Gasteiger partial charge in [0.05, 0.1) is 24.2 Å². The molecule has 4 rings (SSSR count). The second-order valence-corrected chi connectivity index (χ2v) is 6.89. The van der Waals surface area contributed by atoms with Gasteiger partial charge in [-0.2, -0.15) is 15.5 Å². The zero-order chi connectivity index (χ0) is 23.0. The molecule has 0 bridgehead atoms. The number of hydrogen-bond acceptors (Lipinski definition) is 6. The Morgan fingerprint density at radius 1 is 1.00 bits per heavy atom. The highest BCUT2D eigenvalue weighted by atomic mass is 16.5. The first-order valence-electron chi connectivity index (χ1n) is 10.1. The Morgan fingerprint density at radius 2 is 1.67 bits per heavy atom. The molecule has 3 aromatic carbocycles. The number of carbonyl (C=O) groups excluding carboxylic acids is 1. The summed E-state index contributed by atoms with van der Waals surface area (Å²) in [4.78, 5) is 12.8. The molecule has 2 N–H and O–H groups in total. The van der Waals surface area contributed by atoms with Crippen LogP contribution in [0.25, 0.3) is 16.9 Å². The highest BCUT2D eigenvalue weighted by molar-refractivity contribution is 6.48. The van der Waals surface area contributed by atoms with Crippen LogP contribution in [-0.2, 0) is 4.79 Å². The Kier molecular flexibility index (Phi) is 6.43. The summed E-state index contributed by atoms with van der Waals surface area (Å²) in [5.41, 5.74) is 5.35. The molecule has 4 aromatic rings. The Balaban J connectivity index is 1.60. The molecular weight excluding hydrogens is 416 g/mol. The number of carbonyl (C=O) groups is 1. The van der Waals surface area contributed by atoms with E-state index in [4.69, 9.17) is 4.74 Å². The monoisotopic (exact) mass is 436 g/mol. The Labute approximate surface area is 190 Å². The molecule has 0 fully saturated rings. The number of nitrogens with one attached hydrogen (secondary N) is 2. The van der Waals surface area contributed by atoms with Gasteiger partial charge in [0.2, 0.25) is 5.71 Å². The van der Waals surface area contributed by atoms with Gasteiger partial charge in [-0.05, 0) is 36.4 Å². The number of rotatable bonds is 7. The predicted molar refractivity (Wildman–Crippen MR) is 127 cm³/mol. The van der Waals surface area contributed by atoms with Crippen LogP contribution in [0, 0.1) is 11.3 Å². The van der Waals surface area contributed by atoms with Crippen LogP contribution in [0.3, 0.4) is 0 Å². The summed E-state index contributed by atoms with van der Waals surface area (Å²) in [6.07, 6.45) is 0. The van der Waals surface area contributed by atoms with Gasteiger partial charge in [-0.15, -0.1) is 0 Å². The number of nitrogens with zero attached hydrogens (tertiary/aromatic N) is 4. The predicted octanol–water partition coefficient (Wildman–Crippen LogP) is 4.48. The standard InChI is InChI=1S/C25H20N6O2/c1-33-21-14-12-19(13-15-21)28-29-23(17-26)25(32)27-24-16-22(18-8-4-2-5-9-18)30-31(24)20-10-6-3-7-11-20/h2-16,28H,1H3,(H,27,32)/b29-23+. The molecule has 1 heterocycles. The van der Waals surface area contributed by atoms with E-state index in [-0.39, 0.29) is 5.71 Å². The van der Waals surface area contributed by atoms with Crippen LogP contribution in [0.5, 0.6) is 5.75 Å². The van der Waals surface area contributed by atoms with E-state index < -0.39 is 5.91 Å². The molecule has 0 aliphatic rings. The van der Waals surface area contributed by atoms with Crippen LogP contribution in [0.4, 0.5) is 11.5 Å². The van der Waals surface area contributed by atoms with Crippen molar-refractivity contribution >= 4 is 23.1 Å². The van der Waals surface area contributed by atoms with Gasteiger partial charge in [0.1, 0.15) is 17.6 Å². The van der Waals surface area contributed by atoms with Gasteiger partial charge in [-0.3, -0.25) is 10.2 Å². The minimum atomic E-state index is -0.657. The molecule has 0 aliphatic carbocycles. The van der Waals surface area contributed by atoms with E-state index in [0.29, 0.717) is 22.9 Å². The maximum atomic E-state index is 12.8. The number of hydrazone groups is 1. The number of benzene rings is 3. The number of nitriles is 1. The lowest BCUT2D eigenvalue weighted by molar-refractivity contribution is -0.110. The SMILES string of the molecule is COc1ccc(N/N=C(\C#N)C(=O)Nc2cc(-c3ccccc3)nn2-c2ccccc2)cc1. The molecule has 0 spiro atoms. The summed E-state index contributed by atoms with van der Waals surface area (Å²) < 4.78 is 6.73. The summed E-state index contributed by atoms with van der Waals surface area (Å²) in [7, 11) is 1.57. The summed E-state index contributed by atoms with van der Waals surface area (Å²) in [5, 5.41) is 20.8. The average Bonchev–Trinajstić information content (AvgIpc) is 3.29. The molecule has 33 heavy (non-hydrogen) atoms. The smallest absolute Gasteiger partial charge is 0.288 e. The van der Waals surface area contributed by atoms with Gasteiger partial charge in [-0.1, -0.05) is 48.5 Å². The Hall–Kier alpha value is -4.90. The van der Waals surface area contributed by atoms with Crippen LogP contribution >= 0.6 is 0 Å². The maximum Gasteiger partial charge on any atom is 0.288 e. The largest absolute Gasteiger partial charge is 0.497 e. The number of aromatic nitrogens is 2. The first kappa shape index (κ1) is 21.3. The maximum absolute atomic E-state index is 12.8. The molecule has 0 unspecified atom stereocenters. The molecule has 8 nitrogen and oxygen atoms in total. The zero-order valence-electron chi connectivity index (χ0n) is 17.8. The van der Waals surface area contributed by atoms with Gasteiger partial charge in [-0.25, -0.2) is 4.68 Å². The van der Waals surface area contributed by atoms with Crippen molar-refractivity contribution in [3.8, 4) is 28.8 Å². The zero-order valence-corrected chi connectivity index (χ0v) is 17.8. The number of hydrogen-bond donors (Lipinski definition) is 2. The van der Waals surface area contributed by atoms with Crippen molar-refractivity contribution in [2.75, 3.05) is 17.9 Å². The van der Waals surface area contributed by atoms with Crippen LogP contribution in [0.15, 0.2) is 96.1 Å². The molecule has 162 valence electrons. The molecule has 0 saturated heterocycles. The summed E-state index contributed by atoms with van der Waals surface area (Å²) in [6.45, 7) is 0. The fourth-order valence-corrected chi connectivity index (χ4v) is 3.07. The number of ether oxygens (including phenoxy) is 1. The van der Waals surface area contributed by atoms with Crippen molar-refractivity contribution in [2.45, 2.75) is 0 Å². The van der Waals surface area contributed by atoms with Crippen molar-refractivity contribution < 1.29 is 9.53 Å². The van der Waals surface area contributed by atoms with Crippen LogP contribution in [0.1, 0.15) is 0 Å².